The summed E-state index contributed by atoms with van der Waals surface area (Å²) in [5.74, 6) is -0.986. The summed E-state index contributed by atoms with van der Waals surface area (Å²) < 4.78 is 37.8. The van der Waals surface area contributed by atoms with Gasteiger partial charge in [0.05, 0.1) is 24.2 Å². The number of ether oxygens (including phenoxy) is 2. The number of halogens is 1. The van der Waals surface area contributed by atoms with Crippen molar-refractivity contribution in [3.63, 3.8) is 0 Å². The van der Waals surface area contributed by atoms with Gasteiger partial charge in [-0.3, -0.25) is 9.59 Å². The number of esters is 1. The number of methoxy groups -OCH3 is 1. The lowest BCUT2D eigenvalue weighted by Gasteiger charge is -2.34. The third kappa shape index (κ3) is 6.32. The van der Waals surface area contributed by atoms with Gasteiger partial charge in [-0.1, -0.05) is 23.7 Å². The second-order valence-corrected chi connectivity index (χ2v) is 10.3. The van der Waals surface area contributed by atoms with Crippen LogP contribution in [0.2, 0.25) is 5.02 Å². The average molecular weight is 495 g/mol. The number of morpholine rings is 1. The Morgan fingerprint density at radius 1 is 1.06 bits per heavy atom. The van der Waals surface area contributed by atoms with E-state index in [1.165, 1.54) is 40.6 Å². The van der Waals surface area contributed by atoms with E-state index in [-0.39, 0.29) is 48.8 Å². The third-order valence-corrected chi connectivity index (χ3v) is 7.34. The van der Waals surface area contributed by atoms with E-state index in [0.717, 1.165) is 5.56 Å². The molecule has 0 radical (unpaired) electrons. The maximum absolute atomic E-state index is 13.1. The van der Waals surface area contributed by atoms with Crippen molar-refractivity contribution in [2.45, 2.75) is 37.5 Å². The standard InChI is InChI=1S/C23H27ClN2O6S/c1-16-12-26(13-17(2)32-16)33(29,30)21-10-6-19(7-11-21)23(28)25(15-22(27)31-3)14-18-4-8-20(24)9-5-18/h4-11,16-17H,12-15H2,1-3H3. The first kappa shape index (κ1) is 25.2. The molecule has 33 heavy (non-hydrogen) atoms. The summed E-state index contributed by atoms with van der Waals surface area (Å²) >= 11 is 5.92. The highest BCUT2D eigenvalue weighted by Crippen LogP contribution is 2.22. The van der Waals surface area contributed by atoms with Gasteiger partial charge in [-0.2, -0.15) is 4.31 Å². The first-order valence-corrected chi connectivity index (χ1v) is 12.3. The molecule has 2 aromatic carbocycles. The fraction of sp³-hybridized carbons (Fsp3) is 0.391. The minimum absolute atomic E-state index is 0.0950. The van der Waals surface area contributed by atoms with Crippen molar-refractivity contribution >= 4 is 33.5 Å². The molecule has 2 atom stereocenters. The molecule has 2 aromatic rings. The van der Waals surface area contributed by atoms with Crippen LogP contribution in [0.3, 0.4) is 0 Å². The Kier molecular flexibility index (Phi) is 8.12. The Hall–Kier alpha value is -2.46. The van der Waals surface area contributed by atoms with Gasteiger partial charge in [0.2, 0.25) is 10.0 Å². The van der Waals surface area contributed by atoms with Crippen molar-refractivity contribution in [1.29, 1.82) is 0 Å². The molecule has 0 bridgehead atoms. The number of carbonyl (C=O) groups excluding carboxylic acids is 2. The van der Waals surface area contributed by atoms with Crippen molar-refractivity contribution in [2.24, 2.45) is 0 Å². The van der Waals surface area contributed by atoms with E-state index in [1.807, 2.05) is 13.8 Å². The molecule has 0 N–H and O–H groups in total. The fourth-order valence-corrected chi connectivity index (χ4v) is 5.37. The Balaban J connectivity index is 1.80. The van der Waals surface area contributed by atoms with Crippen molar-refractivity contribution in [3.05, 3.63) is 64.7 Å². The highest BCUT2D eigenvalue weighted by Gasteiger charge is 2.32. The summed E-state index contributed by atoms with van der Waals surface area (Å²) in [7, 11) is -2.47. The first-order chi connectivity index (χ1) is 15.6. The van der Waals surface area contributed by atoms with Crippen LogP contribution in [0.5, 0.6) is 0 Å². The van der Waals surface area contributed by atoms with E-state index in [0.29, 0.717) is 5.02 Å². The number of benzene rings is 2. The summed E-state index contributed by atoms with van der Waals surface area (Å²) in [5, 5.41) is 0.561. The van der Waals surface area contributed by atoms with Crippen LogP contribution in [0.4, 0.5) is 0 Å². The number of amides is 1. The van der Waals surface area contributed by atoms with Gasteiger partial charge in [0.15, 0.2) is 0 Å². The highest BCUT2D eigenvalue weighted by molar-refractivity contribution is 7.89. The smallest absolute Gasteiger partial charge is 0.325 e. The van der Waals surface area contributed by atoms with Crippen LogP contribution in [0.1, 0.15) is 29.8 Å². The first-order valence-electron chi connectivity index (χ1n) is 10.5. The molecule has 1 heterocycles. The van der Waals surface area contributed by atoms with E-state index in [9.17, 15) is 18.0 Å². The molecular formula is C23H27ClN2O6S. The van der Waals surface area contributed by atoms with E-state index in [4.69, 9.17) is 21.1 Å². The van der Waals surface area contributed by atoms with Crippen molar-refractivity contribution in [2.75, 3.05) is 26.7 Å². The summed E-state index contributed by atoms with van der Waals surface area (Å²) in [4.78, 5) is 26.4. The van der Waals surface area contributed by atoms with Gasteiger partial charge in [-0.05, 0) is 55.8 Å². The maximum atomic E-state index is 13.1. The van der Waals surface area contributed by atoms with Crippen LogP contribution >= 0.6 is 11.6 Å². The van der Waals surface area contributed by atoms with Gasteiger partial charge >= 0.3 is 5.97 Å². The predicted molar refractivity (Wildman–Crippen MR) is 123 cm³/mol. The molecule has 1 fully saturated rings. The molecular weight excluding hydrogens is 468 g/mol. The average Bonchev–Trinajstić information content (AvgIpc) is 2.79. The molecule has 2 unspecified atom stereocenters. The van der Waals surface area contributed by atoms with Crippen LogP contribution < -0.4 is 0 Å². The third-order valence-electron chi connectivity index (χ3n) is 5.25. The summed E-state index contributed by atoms with van der Waals surface area (Å²) in [6, 6.07) is 12.6. The number of hydrogen-bond acceptors (Lipinski definition) is 6. The van der Waals surface area contributed by atoms with E-state index in [2.05, 4.69) is 0 Å². The van der Waals surface area contributed by atoms with Crippen molar-refractivity contribution in [3.8, 4) is 0 Å². The molecule has 10 heteroatoms. The Morgan fingerprint density at radius 3 is 2.18 bits per heavy atom. The van der Waals surface area contributed by atoms with Crippen LogP contribution in [0, 0.1) is 0 Å². The Morgan fingerprint density at radius 2 is 1.64 bits per heavy atom. The summed E-state index contributed by atoms with van der Waals surface area (Å²) in [6.45, 7) is 4.10. The molecule has 1 aliphatic rings. The zero-order chi connectivity index (χ0) is 24.2. The van der Waals surface area contributed by atoms with Crippen LogP contribution in [-0.4, -0.2) is 68.5 Å². The molecule has 0 aliphatic carbocycles. The zero-order valence-electron chi connectivity index (χ0n) is 18.7. The number of hydrogen-bond donors (Lipinski definition) is 0. The SMILES string of the molecule is COC(=O)CN(Cc1ccc(Cl)cc1)C(=O)c1ccc(S(=O)(=O)N2CC(C)OC(C)C2)cc1. The van der Waals surface area contributed by atoms with E-state index in [1.54, 1.807) is 24.3 Å². The van der Waals surface area contributed by atoms with Crippen LogP contribution in [-0.2, 0) is 30.8 Å². The van der Waals surface area contributed by atoms with Gasteiger partial charge in [0.25, 0.3) is 5.91 Å². The molecule has 1 aliphatic heterocycles. The second kappa shape index (κ2) is 10.6. The van der Waals surface area contributed by atoms with Crippen LogP contribution in [0.15, 0.2) is 53.4 Å². The van der Waals surface area contributed by atoms with Gasteiger partial charge < -0.3 is 14.4 Å². The molecule has 0 aromatic heterocycles. The zero-order valence-corrected chi connectivity index (χ0v) is 20.3. The largest absolute Gasteiger partial charge is 0.468 e. The Bertz CT molecular complexity index is 1080. The summed E-state index contributed by atoms with van der Waals surface area (Å²) in [6.07, 6.45) is -0.409. The van der Waals surface area contributed by atoms with Crippen LogP contribution in [0.25, 0.3) is 0 Å². The van der Waals surface area contributed by atoms with Crippen molar-refractivity contribution in [1.82, 2.24) is 9.21 Å². The Labute approximate surface area is 199 Å². The van der Waals surface area contributed by atoms with Gasteiger partial charge in [-0.25, -0.2) is 8.42 Å². The highest BCUT2D eigenvalue weighted by atomic mass is 35.5. The number of carbonyl (C=O) groups is 2. The molecule has 1 saturated heterocycles. The van der Waals surface area contributed by atoms with Gasteiger partial charge in [0, 0.05) is 30.2 Å². The number of sulfonamides is 1. The van der Waals surface area contributed by atoms with Gasteiger partial charge in [-0.15, -0.1) is 0 Å². The van der Waals surface area contributed by atoms with E-state index < -0.39 is 21.9 Å². The normalized spacial score (nSPS) is 19.2. The quantitative estimate of drug-likeness (QED) is 0.549. The lowest BCUT2D eigenvalue weighted by Crippen LogP contribution is -2.48. The fourth-order valence-electron chi connectivity index (χ4n) is 3.66. The maximum Gasteiger partial charge on any atom is 0.325 e. The van der Waals surface area contributed by atoms with Crippen molar-refractivity contribution < 1.29 is 27.5 Å². The van der Waals surface area contributed by atoms with Gasteiger partial charge in [0.1, 0.15) is 6.54 Å². The molecule has 0 spiro atoms. The molecule has 8 nitrogen and oxygen atoms in total. The molecule has 1 amide bonds. The minimum atomic E-state index is -3.72. The van der Waals surface area contributed by atoms with E-state index >= 15 is 0 Å². The monoisotopic (exact) mass is 494 g/mol. The molecule has 3 rings (SSSR count). The number of nitrogens with zero attached hydrogens (tertiary/aromatic N) is 2. The topological polar surface area (TPSA) is 93.2 Å². The molecule has 178 valence electrons. The predicted octanol–water partition coefficient (Wildman–Crippen LogP) is 2.95. The lowest BCUT2D eigenvalue weighted by molar-refractivity contribution is -0.141. The number of rotatable bonds is 7. The second-order valence-electron chi connectivity index (χ2n) is 7.97. The minimum Gasteiger partial charge on any atom is -0.468 e. The lowest BCUT2D eigenvalue weighted by atomic mass is 10.1. The molecule has 0 saturated carbocycles. The summed E-state index contributed by atoms with van der Waals surface area (Å²) in [5.41, 5.74) is 1.04.